The number of nitrogens with zero attached hydrogens (tertiary/aromatic N) is 2. The molecule has 1 aliphatic rings. The number of rotatable bonds is 7. The van der Waals surface area contributed by atoms with Gasteiger partial charge in [0, 0.05) is 26.2 Å². The molecule has 0 amide bonds. The smallest absolute Gasteiger partial charge is 0.243 e. The van der Waals surface area contributed by atoms with E-state index in [0.29, 0.717) is 50.0 Å². The van der Waals surface area contributed by atoms with Gasteiger partial charge in [-0.15, -0.1) is 0 Å². The lowest BCUT2D eigenvalue weighted by atomic mass is 10.2. The molecular weight excluding hydrogens is 364 g/mol. The van der Waals surface area contributed by atoms with E-state index in [2.05, 4.69) is 4.90 Å². The number of ether oxygens (including phenoxy) is 2. The Kier molecular flexibility index (Phi) is 6.23. The van der Waals surface area contributed by atoms with Crippen molar-refractivity contribution < 1.29 is 17.9 Å². The van der Waals surface area contributed by atoms with Crippen LogP contribution in [0, 0.1) is 0 Å². The minimum Gasteiger partial charge on any atom is -0.494 e. The fraction of sp³-hybridized carbons (Fsp3) is 0.400. The van der Waals surface area contributed by atoms with Crippen molar-refractivity contribution in [3.8, 4) is 11.5 Å². The van der Waals surface area contributed by atoms with E-state index in [1.807, 2.05) is 38.1 Å². The van der Waals surface area contributed by atoms with Crippen molar-refractivity contribution in [2.75, 3.05) is 44.3 Å². The van der Waals surface area contributed by atoms with Gasteiger partial charge in [-0.2, -0.15) is 4.31 Å². The van der Waals surface area contributed by atoms with Crippen LogP contribution in [0.25, 0.3) is 0 Å². The first-order valence-corrected chi connectivity index (χ1v) is 10.7. The van der Waals surface area contributed by atoms with Crippen LogP contribution in [-0.2, 0) is 10.0 Å². The minimum atomic E-state index is -3.50. The highest BCUT2D eigenvalue weighted by atomic mass is 32.2. The van der Waals surface area contributed by atoms with Crippen LogP contribution in [0.15, 0.2) is 53.4 Å². The highest BCUT2D eigenvalue weighted by Gasteiger charge is 2.29. The zero-order valence-corrected chi connectivity index (χ0v) is 16.6. The third-order valence-electron chi connectivity index (χ3n) is 4.52. The van der Waals surface area contributed by atoms with E-state index < -0.39 is 10.0 Å². The van der Waals surface area contributed by atoms with Crippen LogP contribution in [-0.4, -0.2) is 52.1 Å². The van der Waals surface area contributed by atoms with Gasteiger partial charge >= 0.3 is 0 Å². The molecule has 0 spiro atoms. The summed E-state index contributed by atoms with van der Waals surface area (Å²) in [6.45, 7) is 7.14. The molecule has 2 aromatic carbocycles. The molecular formula is C20H26N2O4S. The quantitative estimate of drug-likeness (QED) is 0.727. The monoisotopic (exact) mass is 390 g/mol. The summed E-state index contributed by atoms with van der Waals surface area (Å²) in [5, 5.41) is 0. The second-order valence-corrected chi connectivity index (χ2v) is 8.13. The highest BCUT2D eigenvalue weighted by molar-refractivity contribution is 7.89. The summed E-state index contributed by atoms with van der Waals surface area (Å²) >= 11 is 0. The van der Waals surface area contributed by atoms with Crippen molar-refractivity contribution in [1.82, 2.24) is 4.31 Å². The Labute approximate surface area is 161 Å². The summed E-state index contributed by atoms with van der Waals surface area (Å²) in [7, 11) is -3.50. The number of benzene rings is 2. The van der Waals surface area contributed by atoms with Crippen LogP contribution in [0.4, 0.5) is 5.69 Å². The van der Waals surface area contributed by atoms with Gasteiger partial charge in [-0.05, 0) is 50.2 Å². The maximum atomic E-state index is 12.9. The van der Waals surface area contributed by atoms with Gasteiger partial charge in [0.05, 0.1) is 23.8 Å². The predicted octanol–water partition coefficient (Wildman–Crippen LogP) is 2.99. The molecule has 0 unspecified atom stereocenters. The van der Waals surface area contributed by atoms with Gasteiger partial charge in [-0.3, -0.25) is 0 Å². The maximum Gasteiger partial charge on any atom is 0.243 e. The fourth-order valence-electron chi connectivity index (χ4n) is 3.19. The van der Waals surface area contributed by atoms with Gasteiger partial charge in [-0.1, -0.05) is 12.1 Å². The number of para-hydroxylation sites is 2. The fourth-order valence-corrected chi connectivity index (χ4v) is 4.61. The van der Waals surface area contributed by atoms with E-state index in [9.17, 15) is 8.42 Å². The van der Waals surface area contributed by atoms with Crippen LogP contribution in [0.5, 0.6) is 11.5 Å². The predicted molar refractivity (Wildman–Crippen MR) is 106 cm³/mol. The maximum absolute atomic E-state index is 12.9. The molecule has 1 saturated heterocycles. The van der Waals surface area contributed by atoms with E-state index in [0.717, 1.165) is 11.4 Å². The van der Waals surface area contributed by atoms with Gasteiger partial charge in [0.1, 0.15) is 11.5 Å². The summed E-state index contributed by atoms with van der Waals surface area (Å²) in [4.78, 5) is 2.48. The van der Waals surface area contributed by atoms with E-state index >= 15 is 0 Å². The molecule has 0 aliphatic carbocycles. The lowest BCUT2D eigenvalue weighted by Crippen LogP contribution is -2.48. The summed E-state index contributed by atoms with van der Waals surface area (Å²) < 4.78 is 38.5. The molecule has 6 nitrogen and oxygen atoms in total. The van der Waals surface area contributed by atoms with Crippen molar-refractivity contribution in [3.05, 3.63) is 48.5 Å². The van der Waals surface area contributed by atoms with Crippen molar-refractivity contribution in [1.29, 1.82) is 0 Å². The molecule has 0 bridgehead atoms. The molecule has 1 aliphatic heterocycles. The highest BCUT2D eigenvalue weighted by Crippen LogP contribution is 2.30. The third-order valence-corrected chi connectivity index (χ3v) is 6.43. The zero-order chi connectivity index (χ0) is 19.3. The van der Waals surface area contributed by atoms with Crippen LogP contribution in [0.2, 0.25) is 0 Å². The molecule has 0 saturated carbocycles. The summed E-state index contributed by atoms with van der Waals surface area (Å²) in [6, 6.07) is 14.5. The van der Waals surface area contributed by atoms with Gasteiger partial charge in [0.25, 0.3) is 0 Å². The zero-order valence-electron chi connectivity index (χ0n) is 15.8. The summed E-state index contributed by atoms with van der Waals surface area (Å²) in [5.41, 5.74) is 1.01. The van der Waals surface area contributed by atoms with Crippen LogP contribution in [0.1, 0.15) is 13.8 Å². The van der Waals surface area contributed by atoms with Crippen LogP contribution < -0.4 is 14.4 Å². The van der Waals surface area contributed by atoms with Gasteiger partial charge in [0.2, 0.25) is 10.0 Å². The second kappa shape index (κ2) is 8.63. The molecule has 146 valence electrons. The summed E-state index contributed by atoms with van der Waals surface area (Å²) in [5.74, 6) is 1.51. The van der Waals surface area contributed by atoms with E-state index in [1.165, 1.54) is 0 Å². The van der Waals surface area contributed by atoms with Crippen molar-refractivity contribution >= 4 is 15.7 Å². The topological polar surface area (TPSA) is 59.1 Å². The molecule has 0 radical (unpaired) electrons. The van der Waals surface area contributed by atoms with Crippen LogP contribution >= 0.6 is 0 Å². The Balaban J connectivity index is 1.69. The molecule has 1 heterocycles. The first-order chi connectivity index (χ1) is 13.1. The average Bonchev–Trinajstić information content (AvgIpc) is 2.69. The number of sulfonamides is 1. The van der Waals surface area contributed by atoms with Gasteiger partial charge < -0.3 is 14.4 Å². The molecule has 7 heteroatoms. The van der Waals surface area contributed by atoms with Crippen molar-refractivity contribution in [2.24, 2.45) is 0 Å². The minimum absolute atomic E-state index is 0.300. The van der Waals surface area contributed by atoms with Gasteiger partial charge in [-0.25, -0.2) is 8.42 Å². The average molecular weight is 391 g/mol. The van der Waals surface area contributed by atoms with E-state index in [-0.39, 0.29) is 0 Å². The molecule has 0 atom stereocenters. The number of anilines is 1. The lowest BCUT2D eigenvalue weighted by Gasteiger charge is -2.36. The number of hydrogen-bond acceptors (Lipinski definition) is 5. The number of piperazine rings is 1. The van der Waals surface area contributed by atoms with E-state index in [1.54, 1.807) is 28.6 Å². The largest absolute Gasteiger partial charge is 0.494 e. The molecule has 0 N–H and O–H groups in total. The normalized spacial score (nSPS) is 15.6. The second-order valence-electron chi connectivity index (χ2n) is 6.20. The van der Waals surface area contributed by atoms with Crippen LogP contribution in [0.3, 0.4) is 0 Å². The lowest BCUT2D eigenvalue weighted by molar-refractivity contribution is 0.336. The van der Waals surface area contributed by atoms with Crippen molar-refractivity contribution in [3.63, 3.8) is 0 Å². The Bertz CT molecular complexity index is 845. The molecule has 3 rings (SSSR count). The standard InChI is InChI=1S/C20H26N2O4S/c1-3-25-17-9-11-18(12-10-17)27(23,24)22-15-13-21(14-16-22)19-7-5-6-8-20(19)26-4-2/h5-12H,3-4,13-16H2,1-2H3. The Morgan fingerprint density at radius 2 is 1.48 bits per heavy atom. The van der Waals surface area contributed by atoms with Gasteiger partial charge in [0.15, 0.2) is 0 Å². The number of hydrogen-bond donors (Lipinski definition) is 0. The van der Waals surface area contributed by atoms with Crippen molar-refractivity contribution in [2.45, 2.75) is 18.7 Å². The Morgan fingerprint density at radius 1 is 0.852 bits per heavy atom. The SMILES string of the molecule is CCOc1ccc(S(=O)(=O)N2CCN(c3ccccc3OCC)CC2)cc1. The summed E-state index contributed by atoms with van der Waals surface area (Å²) in [6.07, 6.45) is 0. The molecule has 0 aromatic heterocycles. The van der Waals surface area contributed by atoms with E-state index in [4.69, 9.17) is 9.47 Å². The molecule has 1 fully saturated rings. The molecule has 27 heavy (non-hydrogen) atoms. The molecule has 2 aromatic rings. The Hall–Kier alpha value is -2.25. The third kappa shape index (κ3) is 4.36. The first-order valence-electron chi connectivity index (χ1n) is 9.26. The Morgan fingerprint density at radius 3 is 2.11 bits per heavy atom. The first kappa shape index (κ1) is 19.5.